The monoisotopic (exact) mass is 374 g/mol. The highest BCUT2D eigenvalue weighted by Crippen LogP contribution is 2.18. The number of nitrogens with zero attached hydrogens (tertiary/aromatic N) is 1. The molecule has 1 saturated heterocycles. The number of ether oxygens (including phenoxy) is 1. The molecule has 0 unspecified atom stereocenters. The number of amides is 2. The first-order valence-electron chi connectivity index (χ1n) is 8.51. The third-order valence-corrected chi connectivity index (χ3v) is 4.42. The SMILES string of the molecule is COC(=O)c1ccc(NC(=O)/C(C)=C/C(=O)N2CCC(C(=O)O)CC2)cc1. The Morgan fingerprint density at radius 3 is 2.26 bits per heavy atom. The molecule has 1 heterocycles. The average Bonchev–Trinajstić information content (AvgIpc) is 2.67. The summed E-state index contributed by atoms with van der Waals surface area (Å²) in [5.41, 5.74) is 1.08. The molecule has 0 radical (unpaired) electrons. The Balaban J connectivity index is 1.93. The number of carbonyl (C=O) groups is 4. The molecule has 2 amide bonds. The molecule has 0 spiro atoms. The van der Waals surface area contributed by atoms with E-state index in [9.17, 15) is 19.2 Å². The number of likely N-dealkylation sites (tertiary alicyclic amines) is 1. The van der Waals surface area contributed by atoms with Crippen LogP contribution in [-0.2, 0) is 19.1 Å². The largest absolute Gasteiger partial charge is 0.481 e. The van der Waals surface area contributed by atoms with E-state index in [4.69, 9.17) is 5.11 Å². The zero-order valence-electron chi connectivity index (χ0n) is 15.2. The number of hydrogen-bond acceptors (Lipinski definition) is 5. The Bertz CT molecular complexity index is 761. The molecular weight excluding hydrogens is 352 g/mol. The lowest BCUT2D eigenvalue weighted by molar-refractivity contribution is -0.144. The number of anilines is 1. The molecule has 0 atom stereocenters. The van der Waals surface area contributed by atoms with Gasteiger partial charge in [-0.1, -0.05) is 0 Å². The molecule has 1 aliphatic rings. The molecule has 2 rings (SSSR count). The van der Waals surface area contributed by atoms with Crippen molar-refractivity contribution >= 4 is 29.4 Å². The van der Waals surface area contributed by atoms with Gasteiger partial charge >= 0.3 is 11.9 Å². The Hall–Kier alpha value is -3.16. The summed E-state index contributed by atoms with van der Waals surface area (Å²) in [6.45, 7) is 2.24. The highest BCUT2D eigenvalue weighted by Gasteiger charge is 2.26. The molecule has 1 aliphatic heterocycles. The first-order valence-corrected chi connectivity index (χ1v) is 8.51. The molecule has 1 fully saturated rings. The van der Waals surface area contributed by atoms with E-state index < -0.39 is 23.8 Å². The number of aliphatic carboxylic acids is 1. The average molecular weight is 374 g/mol. The lowest BCUT2D eigenvalue weighted by Gasteiger charge is -2.29. The number of carboxylic acid groups (broad SMARTS) is 1. The first-order chi connectivity index (χ1) is 12.8. The molecule has 0 aromatic heterocycles. The van der Waals surface area contributed by atoms with Crippen LogP contribution in [0.25, 0.3) is 0 Å². The van der Waals surface area contributed by atoms with Gasteiger partial charge in [0.25, 0.3) is 5.91 Å². The van der Waals surface area contributed by atoms with E-state index in [2.05, 4.69) is 10.1 Å². The van der Waals surface area contributed by atoms with Crippen LogP contribution >= 0.6 is 0 Å². The quantitative estimate of drug-likeness (QED) is 0.599. The number of carbonyl (C=O) groups excluding carboxylic acids is 3. The van der Waals surface area contributed by atoms with E-state index >= 15 is 0 Å². The van der Waals surface area contributed by atoms with Crippen molar-refractivity contribution in [3.05, 3.63) is 41.5 Å². The maximum Gasteiger partial charge on any atom is 0.337 e. The molecule has 1 aromatic carbocycles. The van der Waals surface area contributed by atoms with Gasteiger partial charge < -0.3 is 20.1 Å². The molecule has 0 bridgehead atoms. The summed E-state index contributed by atoms with van der Waals surface area (Å²) in [6, 6.07) is 6.18. The summed E-state index contributed by atoms with van der Waals surface area (Å²) in [6.07, 6.45) is 2.07. The third-order valence-electron chi connectivity index (χ3n) is 4.42. The van der Waals surface area contributed by atoms with Gasteiger partial charge in [-0.2, -0.15) is 0 Å². The van der Waals surface area contributed by atoms with Gasteiger partial charge in [-0.3, -0.25) is 14.4 Å². The van der Waals surface area contributed by atoms with Crippen molar-refractivity contribution in [3.8, 4) is 0 Å². The maximum absolute atomic E-state index is 12.3. The van der Waals surface area contributed by atoms with E-state index in [1.165, 1.54) is 32.2 Å². The van der Waals surface area contributed by atoms with Crippen molar-refractivity contribution in [2.45, 2.75) is 19.8 Å². The topological polar surface area (TPSA) is 113 Å². The summed E-state index contributed by atoms with van der Waals surface area (Å²) in [7, 11) is 1.29. The Kier molecular flexibility index (Phi) is 6.70. The number of nitrogens with one attached hydrogen (secondary N) is 1. The Labute approximate surface area is 156 Å². The van der Waals surface area contributed by atoms with Crippen LogP contribution in [0.5, 0.6) is 0 Å². The fourth-order valence-electron chi connectivity index (χ4n) is 2.73. The second kappa shape index (κ2) is 8.98. The van der Waals surface area contributed by atoms with Gasteiger partial charge in [0.2, 0.25) is 5.91 Å². The van der Waals surface area contributed by atoms with Crippen molar-refractivity contribution in [3.63, 3.8) is 0 Å². The number of carboxylic acids is 1. The Morgan fingerprint density at radius 1 is 1.15 bits per heavy atom. The van der Waals surface area contributed by atoms with Crippen LogP contribution in [0.1, 0.15) is 30.1 Å². The number of hydrogen-bond donors (Lipinski definition) is 2. The van der Waals surface area contributed by atoms with Crippen LogP contribution in [0.4, 0.5) is 5.69 Å². The number of esters is 1. The van der Waals surface area contributed by atoms with Gasteiger partial charge in [0.1, 0.15) is 0 Å². The van der Waals surface area contributed by atoms with Crippen LogP contribution in [0.2, 0.25) is 0 Å². The van der Waals surface area contributed by atoms with E-state index in [0.717, 1.165) is 0 Å². The lowest BCUT2D eigenvalue weighted by atomic mass is 9.97. The van der Waals surface area contributed by atoms with E-state index in [-0.39, 0.29) is 11.5 Å². The number of methoxy groups -OCH3 is 1. The van der Waals surface area contributed by atoms with Crippen LogP contribution in [-0.4, -0.2) is 54.0 Å². The van der Waals surface area contributed by atoms with Crippen molar-refractivity contribution in [1.82, 2.24) is 4.90 Å². The van der Waals surface area contributed by atoms with Gasteiger partial charge in [-0.15, -0.1) is 0 Å². The molecule has 8 nitrogen and oxygen atoms in total. The predicted octanol–water partition coefficient (Wildman–Crippen LogP) is 1.68. The van der Waals surface area contributed by atoms with Gasteiger partial charge in [-0.05, 0) is 44.0 Å². The molecule has 0 saturated carbocycles. The standard InChI is InChI=1S/C19H22N2O6/c1-12(11-16(22)21-9-7-13(8-10-21)18(24)25)17(23)20-15-5-3-14(4-6-15)19(26)27-2/h3-6,11,13H,7-10H2,1-2H3,(H,20,23)(H,24,25)/b12-11+. The second-order valence-electron chi connectivity index (χ2n) is 6.29. The van der Waals surface area contributed by atoms with Crippen molar-refractivity contribution in [1.29, 1.82) is 0 Å². The second-order valence-corrected chi connectivity index (χ2v) is 6.29. The summed E-state index contributed by atoms with van der Waals surface area (Å²) >= 11 is 0. The number of rotatable bonds is 5. The third kappa shape index (κ3) is 5.40. The summed E-state index contributed by atoms with van der Waals surface area (Å²) in [5, 5.41) is 11.6. The van der Waals surface area contributed by atoms with Crippen LogP contribution in [0.15, 0.2) is 35.9 Å². The van der Waals surface area contributed by atoms with Crippen molar-refractivity contribution < 1.29 is 29.0 Å². The fraction of sp³-hybridized carbons (Fsp3) is 0.368. The van der Waals surface area contributed by atoms with Gasteiger partial charge in [0, 0.05) is 30.4 Å². The summed E-state index contributed by atoms with van der Waals surface area (Å²) in [5.74, 6) is -2.48. The smallest absolute Gasteiger partial charge is 0.337 e. The van der Waals surface area contributed by atoms with Crippen LogP contribution in [0.3, 0.4) is 0 Å². The molecule has 1 aromatic rings. The maximum atomic E-state index is 12.3. The molecule has 144 valence electrons. The van der Waals surface area contributed by atoms with Crippen LogP contribution < -0.4 is 5.32 Å². The van der Waals surface area contributed by atoms with E-state index in [0.29, 0.717) is 37.2 Å². The molecule has 27 heavy (non-hydrogen) atoms. The van der Waals surface area contributed by atoms with E-state index in [1.807, 2.05) is 0 Å². The summed E-state index contributed by atoms with van der Waals surface area (Å²) in [4.78, 5) is 48.4. The number of piperidine rings is 1. The van der Waals surface area contributed by atoms with E-state index in [1.54, 1.807) is 17.0 Å². The van der Waals surface area contributed by atoms with Crippen molar-refractivity contribution in [2.24, 2.45) is 5.92 Å². The minimum atomic E-state index is -0.841. The van der Waals surface area contributed by atoms with Gasteiger partial charge in [0.05, 0.1) is 18.6 Å². The molecular formula is C19H22N2O6. The zero-order valence-corrected chi connectivity index (χ0v) is 15.2. The zero-order chi connectivity index (χ0) is 20.0. The molecule has 8 heteroatoms. The lowest BCUT2D eigenvalue weighted by Crippen LogP contribution is -2.39. The molecule has 0 aliphatic carbocycles. The predicted molar refractivity (Wildman–Crippen MR) is 97.1 cm³/mol. The number of benzene rings is 1. The highest BCUT2D eigenvalue weighted by atomic mass is 16.5. The van der Waals surface area contributed by atoms with Gasteiger partial charge in [-0.25, -0.2) is 4.79 Å². The van der Waals surface area contributed by atoms with Crippen LogP contribution in [0, 0.1) is 5.92 Å². The first kappa shape index (κ1) is 20.2. The Morgan fingerprint density at radius 2 is 1.74 bits per heavy atom. The minimum Gasteiger partial charge on any atom is -0.481 e. The normalized spacial score (nSPS) is 15.2. The summed E-state index contributed by atoms with van der Waals surface area (Å²) < 4.78 is 4.61. The molecule has 2 N–H and O–H groups in total. The minimum absolute atomic E-state index is 0.234. The van der Waals surface area contributed by atoms with Crippen molar-refractivity contribution in [2.75, 3.05) is 25.5 Å². The van der Waals surface area contributed by atoms with Gasteiger partial charge in [0.15, 0.2) is 0 Å². The fourth-order valence-corrected chi connectivity index (χ4v) is 2.73. The highest BCUT2D eigenvalue weighted by molar-refractivity contribution is 6.07.